The molecule has 0 saturated carbocycles. The van der Waals surface area contributed by atoms with Crippen molar-refractivity contribution in [2.75, 3.05) is 44.0 Å². The van der Waals surface area contributed by atoms with E-state index < -0.39 is 0 Å². The Hall–Kier alpha value is -4.14. The number of nitrogens with one attached hydrogen (secondary N) is 1. The number of rotatable bonds is 8. The van der Waals surface area contributed by atoms with Crippen LogP contribution in [0.1, 0.15) is 5.56 Å². The summed E-state index contributed by atoms with van der Waals surface area (Å²) in [6, 6.07) is 19.0. The van der Waals surface area contributed by atoms with E-state index >= 15 is 0 Å². The normalized spacial score (nSPS) is 13.0. The summed E-state index contributed by atoms with van der Waals surface area (Å²) in [4.78, 5) is 25.6. The minimum Gasteiger partial charge on any atom is -0.489 e. The largest absolute Gasteiger partial charge is 0.489 e. The van der Waals surface area contributed by atoms with Gasteiger partial charge >= 0.3 is 0 Å². The summed E-state index contributed by atoms with van der Waals surface area (Å²) in [6.45, 7) is 1.92. The molecule has 3 aromatic carbocycles. The van der Waals surface area contributed by atoms with E-state index in [0.29, 0.717) is 48.6 Å². The molecule has 38 heavy (non-hydrogen) atoms. The monoisotopic (exact) mass is 529 g/mol. The zero-order valence-electron chi connectivity index (χ0n) is 21.2. The van der Waals surface area contributed by atoms with Crippen LogP contribution in [0.4, 0.5) is 17.2 Å². The summed E-state index contributed by atoms with van der Waals surface area (Å²) in [6.07, 6.45) is 4.97. The van der Waals surface area contributed by atoms with Crippen LogP contribution < -0.4 is 19.7 Å². The number of carbonyl (C=O) groups excluding carboxylic acids is 1. The minimum atomic E-state index is -0.0884. The van der Waals surface area contributed by atoms with Gasteiger partial charge in [-0.05, 0) is 56.6 Å². The van der Waals surface area contributed by atoms with Crippen LogP contribution in [0.3, 0.4) is 0 Å². The van der Waals surface area contributed by atoms with Crippen LogP contribution in [0, 0.1) is 0 Å². The van der Waals surface area contributed by atoms with Gasteiger partial charge in [0.05, 0.1) is 23.1 Å². The second-order valence-electron chi connectivity index (χ2n) is 9.06. The molecule has 1 aliphatic rings. The predicted molar refractivity (Wildman–Crippen MR) is 151 cm³/mol. The Morgan fingerprint density at radius 2 is 1.95 bits per heavy atom. The molecule has 4 aromatic rings. The highest BCUT2D eigenvalue weighted by atomic mass is 35.5. The second kappa shape index (κ2) is 11.5. The zero-order valence-corrected chi connectivity index (χ0v) is 22.0. The topological polar surface area (TPSA) is 79.8 Å². The van der Waals surface area contributed by atoms with Crippen LogP contribution in [-0.2, 0) is 11.4 Å². The number of nitrogens with zero attached hydrogens (tertiary/aromatic N) is 4. The summed E-state index contributed by atoms with van der Waals surface area (Å²) >= 11 is 6.23. The summed E-state index contributed by atoms with van der Waals surface area (Å²) in [5.74, 6) is 1.81. The third-order valence-electron chi connectivity index (χ3n) is 6.05. The van der Waals surface area contributed by atoms with Crippen molar-refractivity contribution in [2.24, 2.45) is 0 Å². The first-order chi connectivity index (χ1) is 18.5. The highest BCUT2D eigenvalue weighted by Gasteiger charge is 2.26. The molecular formula is C29H28ClN5O3. The van der Waals surface area contributed by atoms with E-state index in [1.807, 2.05) is 85.7 Å². The van der Waals surface area contributed by atoms with Crippen molar-refractivity contribution >= 4 is 45.6 Å². The molecule has 8 nitrogen and oxygen atoms in total. The van der Waals surface area contributed by atoms with Crippen LogP contribution in [0.5, 0.6) is 11.5 Å². The lowest BCUT2D eigenvalue weighted by Gasteiger charge is -2.30. The predicted octanol–water partition coefficient (Wildman–Crippen LogP) is 5.45. The molecule has 194 valence electrons. The molecule has 0 bridgehead atoms. The Morgan fingerprint density at radius 1 is 1.13 bits per heavy atom. The summed E-state index contributed by atoms with van der Waals surface area (Å²) < 4.78 is 12.0. The van der Waals surface area contributed by atoms with E-state index in [1.54, 1.807) is 11.0 Å². The molecule has 0 atom stereocenters. The first-order valence-electron chi connectivity index (χ1n) is 12.3. The van der Waals surface area contributed by atoms with Gasteiger partial charge in [-0.1, -0.05) is 35.9 Å². The Bertz CT molecular complexity index is 1470. The van der Waals surface area contributed by atoms with Crippen LogP contribution in [-0.4, -0.2) is 54.6 Å². The highest BCUT2D eigenvalue weighted by molar-refractivity contribution is 6.31. The summed E-state index contributed by atoms with van der Waals surface area (Å²) in [7, 11) is 3.92. The van der Waals surface area contributed by atoms with E-state index in [-0.39, 0.29) is 5.91 Å². The maximum Gasteiger partial charge on any atom is 0.250 e. The molecule has 5 rings (SSSR count). The summed E-state index contributed by atoms with van der Waals surface area (Å²) in [5.41, 5.74) is 3.17. The molecule has 9 heteroatoms. The highest BCUT2D eigenvalue weighted by Crippen LogP contribution is 2.41. The Balaban J connectivity index is 1.37. The molecule has 1 aliphatic heterocycles. The SMILES string of the molecule is CN(C)C/C=C/C(=O)N1CCOc2c1ccc1ncnc(Nc3ccc(OCc4ccccc4Cl)cc3)c21. The molecule has 1 N–H and O–H groups in total. The van der Waals surface area contributed by atoms with Gasteiger partial charge in [0.25, 0.3) is 5.91 Å². The molecule has 0 saturated heterocycles. The summed E-state index contributed by atoms with van der Waals surface area (Å²) in [5, 5.41) is 4.77. The van der Waals surface area contributed by atoms with Gasteiger partial charge < -0.3 is 24.6 Å². The molecule has 0 unspecified atom stereocenters. The van der Waals surface area contributed by atoms with E-state index in [2.05, 4.69) is 15.3 Å². The number of benzene rings is 3. The number of ether oxygens (including phenoxy) is 2. The van der Waals surface area contributed by atoms with Crippen LogP contribution in [0.25, 0.3) is 10.9 Å². The van der Waals surface area contributed by atoms with Crippen molar-refractivity contribution in [3.8, 4) is 11.5 Å². The van der Waals surface area contributed by atoms with Gasteiger partial charge in [-0.15, -0.1) is 0 Å². The van der Waals surface area contributed by atoms with Gasteiger partial charge in [-0.25, -0.2) is 9.97 Å². The van der Waals surface area contributed by atoms with E-state index in [1.165, 1.54) is 6.33 Å². The Morgan fingerprint density at radius 3 is 2.74 bits per heavy atom. The fourth-order valence-corrected chi connectivity index (χ4v) is 4.35. The number of hydrogen-bond acceptors (Lipinski definition) is 7. The van der Waals surface area contributed by atoms with Gasteiger partial charge in [-0.3, -0.25) is 4.79 Å². The lowest BCUT2D eigenvalue weighted by molar-refractivity contribution is -0.114. The van der Waals surface area contributed by atoms with Crippen molar-refractivity contribution in [2.45, 2.75) is 6.61 Å². The number of hydrogen-bond donors (Lipinski definition) is 1. The Kier molecular flexibility index (Phi) is 7.72. The minimum absolute atomic E-state index is 0.0884. The number of anilines is 3. The fourth-order valence-electron chi connectivity index (χ4n) is 4.15. The quantitative estimate of drug-likeness (QED) is 0.304. The van der Waals surface area contributed by atoms with Crippen molar-refractivity contribution in [1.82, 2.24) is 14.9 Å². The maximum absolute atomic E-state index is 12.9. The Labute approximate surface area is 226 Å². The van der Waals surface area contributed by atoms with Gasteiger partial charge in [0.15, 0.2) is 5.75 Å². The maximum atomic E-state index is 12.9. The first-order valence-corrected chi connectivity index (χ1v) is 12.6. The number of likely N-dealkylation sites (N-methyl/N-ethyl adjacent to an activating group) is 1. The van der Waals surface area contributed by atoms with Crippen molar-refractivity contribution in [1.29, 1.82) is 0 Å². The lowest BCUT2D eigenvalue weighted by Crippen LogP contribution is -2.37. The third kappa shape index (κ3) is 5.72. The number of fused-ring (bicyclic) bond motifs is 3. The van der Waals surface area contributed by atoms with Crippen molar-refractivity contribution in [3.05, 3.63) is 89.7 Å². The molecule has 2 heterocycles. The van der Waals surface area contributed by atoms with E-state index in [4.69, 9.17) is 21.1 Å². The number of amides is 1. The van der Waals surface area contributed by atoms with Gasteiger partial charge in [-0.2, -0.15) is 0 Å². The van der Waals surface area contributed by atoms with Crippen molar-refractivity contribution < 1.29 is 14.3 Å². The zero-order chi connectivity index (χ0) is 26.5. The van der Waals surface area contributed by atoms with Crippen LogP contribution >= 0.6 is 11.6 Å². The third-order valence-corrected chi connectivity index (χ3v) is 6.42. The molecular weight excluding hydrogens is 502 g/mol. The average Bonchev–Trinajstić information content (AvgIpc) is 2.92. The average molecular weight is 530 g/mol. The van der Waals surface area contributed by atoms with Crippen LogP contribution in [0.2, 0.25) is 5.02 Å². The fraction of sp³-hybridized carbons (Fsp3) is 0.207. The van der Waals surface area contributed by atoms with Crippen molar-refractivity contribution in [3.63, 3.8) is 0 Å². The molecule has 0 spiro atoms. The smallest absolute Gasteiger partial charge is 0.250 e. The lowest BCUT2D eigenvalue weighted by atomic mass is 10.1. The number of halogens is 1. The molecule has 0 aliphatic carbocycles. The number of carbonyl (C=O) groups is 1. The van der Waals surface area contributed by atoms with E-state index in [9.17, 15) is 4.79 Å². The van der Waals surface area contributed by atoms with Crippen LogP contribution in [0.15, 0.2) is 79.1 Å². The number of aromatic nitrogens is 2. The molecule has 1 aromatic heterocycles. The van der Waals surface area contributed by atoms with Gasteiger partial charge in [0.1, 0.15) is 31.1 Å². The molecule has 1 amide bonds. The standard InChI is InChI=1S/C29H28ClN5O3/c1-34(2)15-5-8-26(36)35-16-17-37-28-25(35)14-13-24-27(28)29(32-19-31-24)33-21-9-11-22(12-10-21)38-18-20-6-3-4-7-23(20)30/h3-14,19H,15-18H2,1-2H3,(H,31,32,33)/b8-5+. The molecule has 0 fully saturated rings. The first kappa shape index (κ1) is 25.5. The molecule has 0 radical (unpaired) electrons. The second-order valence-corrected chi connectivity index (χ2v) is 9.47. The van der Waals surface area contributed by atoms with Gasteiger partial charge in [0, 0.05) is 28.9 Å². The van der Waals surface area contributed by atoms with Gasteiger partial charge in [0.2, 0.25) is 0 Å². The van der Waals surface area contributed by atoms with E-state index in [0.717, 1.165) is 27.9 Å².